The van der Waals surface area contributed by atoms with E-state index in [0.717, 1.165) is 13.0 Å². The molecular weight excluding hydrogens is 130 g/mol. The number of aliphatic hydroxyl groups is 2. The first-order valence-corrected chi connectivity index (χ1v) is 3.82. The molecule has 2 fully saturated rings. The number of hydrogen-bond donors (Lipinski definition) is 3. The van der Waals surface area contributed by atoms with E-state index in [0.29, 0.717) is 18.9 Å². The molecule has 0 aromatic carbocycles. The predicted molar refractivity (Wildman–Crippen MR) is 36.6 cm³/mol. The lowest BCUT2D eigenvalue weighted by molar-refractivity contribution is 0.0282. The highest BCUT2D eigenvalue weighted by atomic mass is 16.3. The van der Waals surface area contributed by atoms with Crippen molar-refractivity contribution in [1.29, 1.82) is 0 Å². The van der Waals surface area contributed by atoms with E-state index >= 15 is 0 Å². The fourth-order valence-electron chi connectivity index (χ4n) is 2.16. The minimum Gasteiger partial charge on any atom is -0.393 e. The van der Waals surface area contributed by atoms with E-state index in [2.05, 4.69) is 5.32 Å². The molecule has 2 rings (SSSR count). The van der Waals surface area contributed by atoms with Crippen LogP contribution in [0.15, 0.2) is 0 Å². The Labute approximate surface area is 60.1 Å². The molecule has 0 bridgehead atoms. The van der Waals surface area contributed by atoms with Crippen molar-refractivity contribution < 1.29 is 10.2 Å². The molecule has 3 atom stereocenters. The molecule has 0 radical (unpaired) electrons. The smallest absolute Gasteiger partial charge is 0.0837 e. The molecule has 0 unspecified atom stereocenters. The summed E-state index contributed by atoms with van der Waals surface area (Å²) >= 11 is 0. The Balaban J connectivity index is 2.15. The summed E-state index contributed by atoms with van der Waals surface area (Å²) in [6.45, 7) is 1.53. The highest BCUT2D eigenvalue weighted by Crippen LogP contribution is 2.37. The zero-order chi connectivity index (χ0) is 7.19. The van der Waals surface area contributed by atoms with Crippen molar-refractivity contribution in [2.45, 2.75) is 24.5 Å². The maximum absolute atomic E-state index is 9.78. The van der Waals surface area contributed by atoms with Crippen molar-refractivity contribution in [2.75, 3.05) is 13.1 Å². The second-order valence-corrected chi connectivity index (χ2v) is 3.53. The molecule has 1 saturated carbocycles. The van der Waals surface area contributed by atoms with Gasteiger partial charge in [-0.3, -0.25) is 0 Å². The van der Waals surface area contributed by atoms with Crippen molar-refractivity contribution in [3.05, 3.63) is 0 Å². The Morgan fingerprint density at radius 2 is 2.30 bits per heavy atom. The van der Waals surface area contributed by atoms with Gasteiger partial charge in [-0.25, -0.2) is 0 Å². The molecule has 1 aliphatic heterocycles. The summed E-state index contributed by atoms with van der Waals surface area (Å²) in [5.74, 6) is 0.294. The Hall–Kier alpha value is -0.120. The van der Waals surface area contributed by atoms with Crippen LogP contribution < -0.4 is 5.32 Å². The van der Waals surface area contributed by atoms with Gasteiger partial charge in [0.2, 0.25) is 0 Å². The first kappa shape index (κ1) is 6.58. The van der Waals surface area contributed by atoms with Crippen molar-refractivity contribution in [3.8, 4) is 0 Å². The number of rotatable bonds is 0. The lowest BCUT2D eigenvalue weighted by atomic mass is 9.95. The van der Waals surface area contributed by atoms with Crippen molar-refractivity contribution in [2.24, 2.45) is 5.92 Å². The van der Waals surface area contributed by atoms with Crippen LogP contribution in [-0.4, -0.2) is 35.0 Å². The fourth-order valence-corrected chi connectivity index (χ4v) is 2.16. The third-order valence-corrected chi connectivity index (χ3v) is 2.73. The Kier molecular flexibility index (Phi) is 1.27. The van der Waals surface area contributed by atoms with E-state index in [4.69, 9.17) is 0 Å². The second kappa shape index (κ2) is 1.94. The van der Waals surface area contributed by atoms with Crippen LogP contribution in [0.4, 0.5) is 0 Å². The summed E-state index contributed by atoms with van der Waals surface area (Å²) in [5.41, 5.74) is -0.584. The maximum atomic E-state index is 9.78. The molecule has 0 amide bonds. The quantitative estimate of drug-likeness (QED) is 0.411. The van der Waals surface area contributed by atoms with Gasteiger partial charge in [0.15, 0.2) is 0 Å². The summed E-state index contributed by atoms with van der Waals surface area (Å²) < 4.78 is 0. The Bertz CT molecular complexity index is 151. The average Bonchev–Trinajstić information content (AvgIpc) is 2.20. The average molecular weight is 143 g/mol. The van der Waals surface area contributed by atoms with Crippen LogP contribution in [0.25, 0.3) is 0 Å². The molecule has 3 nitrogen and oxygen atoms in total. The summed E-state index contributed by atoms with van der Waals surface area (Å²) in [6.07, 6.45) is 1.06. The van der Waals surface area contributed by atoms with E-state index in [1.54, 1.807) is 0 Å². The molecule has 0 spiro atoms. The van der Waals surface area contributed by atoms with Gasteiger partial charge in [0.25, 0.3) is 0 Å². The van der Waals surface area contributed by atoms with Crippen LogP contribution >= 0.6 is 0 Å². The van der Waals surface area contributed by atoms with E-state index in [1.165, 1.54) is 0 Å². The lowest BCUT2D eigenvalue weighted by Crippen LogP contribution is -2.33. The number of hydrogen-bond acceptors (Lipinski definition) is 3. The van der Waals surface area contributed by atoms with Crippen LogP contribution in [0, 0.1) is 5.92 Å². The van der Waals surface area contributed by atoms with Gasteiger partial charge in [0.05, 0.1) is 11.7 Å². The van der Waals surface area contributed by atoms with E-state index in [-0.39, 0.29) is 6.10 Å². The number of fused-ring (bicyclic) bond motifs is 1. The monoisotopic (exact) mass is 143 g/mol. The van der Waals surface area contributed by atoms with Crippen LogP contribution in [0.1, 0.15) is 12.8 Å². The molecule has 0 aromatic heterocycles. The van der Waals surface area contributed by atoms with Crippen molar-refractivity contribution in [3.63, 3.8) is 0 Å². The molecule has 0 aromatic rings. The minimum absolute atomic E-state index is 0.267. The summed E-state index contributed by atoms with van der Waals surface area (Å²) in [7, 11) is 0. The Morgan fingerprint density at radius 3 is 3.00 bits per heavy atom. The molecule has 2 aliphatic rings. The number of nitrogens with one attached hydrogen (secondary N) is 1. The van der Waals surface area contributed by atoms with Gasteiger partial charge in [-0.05, 0) is 6.42 Å². The largest absolute Gasteiger partial charge is 0.393 e. The van der Waals surface area contributed by atoms with Crippen molar-refractivity contribution >= 4 is 0 Å². The standard InChI is InChI=1S/C7H13NO2/c9-6-1-5-3-8-4-7(5,10)2-6/h5-6,8-10H,1-4H2/t5-,6-,7-/m1/s1. The lowest BCUT2D eigenvalue weighted by Gasteiger charge is -2.19. The molecule has 10 heavy (non-hydrogen) atoms. The molecular formula is C7H13NO2. The molecule has 1 saturated heterocycles. The normalized spacial score (nSPS) is 53.4. The molecule has 3 heteroatoms. The topological polar surface area (TPSA) is 52.5 Å². The maximum Gasteiger partial charge on any atom is 0.0837 e. The molecule has 1 heterocycles. The van der Waals surface area contributed by atoms with E-state index < -0.39 is 5.60 Å². The van der Waals surface area contributed by atoms with Gasteiger partial charge in [0, 0.05) is 25.4 Å². The van der Waals surface area contributed by atoms with Gasteiger partial charge in [-0.15, -0.1) is 0 Å². The third kappa shape index (κ3) is 0.779. The van der Waals surface area contributed by atoms with Gasteiger partial charge in [-0.2, -0.15) is 0 Å². The zero-order valence-electron chi connectivity index (χ0n) is 5.88. The third-order valence-electron chi connectivity index (χ3n) is 2.73. The van der Waals surface area contributed by atoms with Crippen molar-refractivity contribution in [1.82, 2.24) is 5.32 Å². The van der Waals surface area contributed by atoms with Crippen LogP contribution in [0.2, 0.25) is 0 Å². The van der Waals surface area contributed by atoms with Crippen LogP contribution in [-0.2, 0) is 0 Å². The highest BCUT2D eigenvalue weighted by Gasteiger charge is 2.48. The Morgan fingerprint density at radius 1 is 1.50 bits per heavy atom. The molecule has 3 N–H and O–H groups in total. The number of aliphatic hydroxyl groups excluding tert-OH is 1. The SMILES string of the molecule is O[C@@H]1C[C@@H]2CNC[C@]2(O)C1. The van der Waals surface area contributed by atoms with Gasteiger partial charge < -0.3 is 15.5 Å². The zero-order valence-corrected chi connectivity index (χ0v) is 5.88. The van der Waals surface area contributed by atoms with E-state index in [1.807, 2.05) is 0 Å². The van der Waals surface area contributed by atoms with Crippen LogP contribution in [0.3, 0.4) is 0 Å². The first-order valence-electron chi connectivity index (χ1n) is 3.82. The minimum atomic E-state index is -0.584. The first-order chi connectivity index (χ1) is 4.71. The van der Waals surface area contributed by atoms with Gasteiger partial charge in [-0.1, -0.05) is 0 Å². The van der Waals surface area contributed by atoms with Gasteiger partial charge in [0.1, 0.15) is 0 Å². The summed E-state index contributed by atoms with van der Waals surface area (Å²) in [6, 6.07) is 0. The van der Waals surface area contributed by atoms with Crippen LogP contribution in [0.5, 0.6) is 0 Å². The summed E-state index contributed by atoms with van der Waals surface area (Å²) in [4.78, 5) is 0. The predicted octanol–water partition coefficient (Wildman–Crippen LogP) is -0.908. The number of β-amino-alcohol motifs (C(OH)–C–C–N with tert-alkyl or cyclic N) is 1. The highest BCUT2D eigenvalue weighted by molar-refractivity contribution is 5.02. The van der Waals surface area contributed by atoms with Gasteiger partial charge >= 0.3 is 0 Å². The van der Waals surface area contributed by atoms with E-state index in [9.17, 15) is 10.2 Å². The second-order valence-electron chi connectivity index (χ2n) is 3.53. The fraction of sp³-hybridized carbons (Fsp3) is 1.00. The molecule has 58 valence electrons. The summed E-state index contributed by atoms with van der Waals surface area (Å²) in [5, 5.41) is 22.1. The molecule has 1 aliphatic carbocycles.